The van der Waals surface area contributed by atoms with Crippen LogP contribution in [-0.4, -0.2) is 46.3 Å². The molecule has 1 aliphatic rings. The molecule has 32 heavy (non-hydrogen) atoms. The Hall–Kier alpha value is -2.64. The molecule has 0 radical (unpaired) electrons. The van der Waals surface area contributed by atoms with Gasteiger partial charge in [-0.15, -0.1) is 0 Å². The monoisotopic (exact) mass is 450 g/mol. The number of likely N-dealkylation sites (tertiary alicyclic amines) is 1. The lowest BCUT2D eigenvalue weighted by Crippen LogP contribution is -2.40. The highest BCUT2D eigenvalue weighted by Crippen LogP contribution is 2.20. The third kappa shape index (κ3) is 6.68. The normalized spacial score (nSPS) is 15.0. The maximum absolute atomic E-state index is 12.5. The van der Waals surface area contributed by atoms with Crippen molar-refractivity contribution in [3.05, 3.63) is 72.1 Å². The van der Waals surface area contributed by atoms with Crippen molar-refractivity contribution >= 4 is 17.7 Å². The van der Waals surface area contributed by atoms with E-state index >= 15 is 0 Å². The van der Waals surface area contributed by atoms with Crippen LogP contribution in [0, 0.1) is 5.92 Å². The lowest BCUT2D eigenvalue weighted by Gasteiger charge is -2.30. The molecule has 0 bridgehead atoms. The molecule has 7 heteroatoms. The highest BCUT2D eigenvalue weighted by molar-refractivity contribution is 7.98. The number of nitrogens with one attached hydrogen (secondary N) is 1. The number of nitrogens with zero attached hydrogens (tertiary/aromatic N) is 3. The Kier molecular flexibility index (Phi) is 8.34. The molecule has 1 aromatic heterocycles. The van der Waals surface area contributed by atoms with Crippen molar-refractivity contribution in [3.63, 3.8) is 0 Å². The summed E-state index contributed by atoms with van der Waals surface area (Å²) in [4.78, 5) is 19.3. The number of carbonyl (C=O) groups excluding carboxylic acids is 1. The third-order valence-corrected chi connectivity index (χ3v) is 6.81. The molecule has 0 saturated carbocycles. The summed E-state index contributed by atoms with van der Waals surface area (Å²) < 4.78 is 5.43. The summed E-state index contributed by atoms with van der Waals surface area (Å²) in [6, 6.07) is 20.3. The van der Waals surface area contributed by atoms with Gasteiger partial charge in [-0.05, 0) is 43.7 Å². The zero-order valence-corrected chi connectivity index (χ0v) is 19.1. The number of benzene rings is 2. The van der Waals surface area contributed by atoms with E-state index in [1.165, 1.54) is 5.56 Å². The van der Waals surface area contributed by atoms with Crippen LogP contribution in [0.15, 0.2) is 65.2 Å². The standard InChI is InChI=1S/C25H30N4O2S/c30-25(26-14-7-17-32-19-20-8-3-1-4-9-20)22-12-15-29(16-13-22)18-23-27-24(28-31-23)21-10-5-2-6-11-21/h1-6,8-11,22H,7,12-19H2,(H,26,30). The van der Waals surface area contributed by atoms with Gasteiger partial charge in [0.05, 0.1) is 6.54 Å². The zero-order valence-electron chi connectivity index (χ0n) is 18.3. The van der Waals surface area contributed by atoms with Crippen LogP contribution in [0.1, 0.15) is 30.7 Å². The molecule has 3 aromatic rings. The predicted molar refractivity (Wildman–Crippen MR) is 128 cm³/mol. The number of rotatable bonds is 10. The lowest BCUT2D eigenvalue weighted by molar-refractivity contribution is -0.126. The molecule has 0 aliphatic carbocycles. The number of carbonyl (C=O) groups is 1. The number of hydrogen-bond acceptors (Lipinski definition) is 6. The van der Waals surface area contributed by atoms with E-state index < -0.39 is 0 Å². The molecule has 1 saturated heterocycles. The van der Waals surface area contributed by atoms with Gasteiger partial charge in [0.25, 0.3) is 0 Å². The van der Waals surface area contributed by atoms with Crippen LogP contribution in [0.2, 0.25) is 0 Å². The van der Waals surface area contributed by atoms with Crippen LogP contribution in [-0.2, 0) is 17.1 Å². The Morgan fingerprint density at radius 2 is 1.78 bits per heavy atom. The van der Waals surface area contributed by atoms with Gasteiger partial charge in [0.15, 0.2) is 0 Å². The van der Waals surface area contributed by atoms with E-state index in [-0.39, 0.29) is 11.8 Å². The van der Waals surface area contributed by atoms with E-state index in [1.807, 2.05) is 48.2 Å². The largest absolute Gasteiger partial charge is 0.356 e. The number of aromatic nitrogens is 2. The fraction of sp³-hybridized carbons (Fsp3) is 0.400. The molecule has 6 nitrogen and oxygen atoms in total. The van der Waals surface area contributed by atoms with Crippen LogP contribution in [0.5, 0.6) is 0 Å². The van der Waals surface area contributed by atoms with Crippen molar-refractivity contribution in [2.24, 2.45) is 5.92 Å². The highest BCUT2D eigenvalue weighted by atomic mass is 32.2. The van der Waals surface area contributed by atoms with E-state index in [1.54, 1.807) is 0 Å². The Bertz CT molecular complexity index is 956. The molecule has 4 rings (SSSR count). The highest BCUT2D eigenvalue weighted by Gasteiger charge is 2.25. The fourth-order valence-electron chi connectivity index (χ4n) is 3.86. The molecular weight excluding hydrogens is 420 g/mol. The summed E-state index contributed by atoms with van der Waals surface area (Å²) in [5.74, 6) is 3.63. The molecule has 1 amide bonds. The van der Waals surface area contributed by atoms with Crippen molar-refractivity contribution < 1.29 is 9.32 Å². The van der Waals surface area contributed by atoms with Crippen molar-refractivity contribution in [3.8, 4) is 11.4 Å². The van der Waals surface area contributed by atoms with Gasteiger partial charge in [0, 0.05) is 23.8 Å². The summed E-state index contributed by atoms with van der Waals surface area (Å²) in [7, 11) is 0. The first-order valence-electron chi connectivity index (χ1n) is 11.3. The topological polar surface area (TPSA) is 71.3 Å². The van der Waals surface area contributed by atoms with Crippen LogP contribution in [0.25, 0.3) is 11.4 Å². The third-order valence-electron chi connectivity index (χ3n) is 5.69. The van der Waals surface area contributed by atoms with Crippen LogP contribution >= 0.6 is 11.8 Å². The molecule has 1 N–H and O–H groups in total. The Morgan fingerprint density at radius 3 is 2.53 bits per heavy atom. The lowest BCUT2D eigenvalue weighted by atomic mass is 9.96. The number of thioether (sulfide) groups is 1. The van der Waals surface area contributed by atoms with E-state index in [4.69, 9.17) is 4.52 Å². The van der Waals surface area contributed by atoms with E-state index in [0.29, 0.717) is 18.3 Å². The summed E-state index contributed by atoms with van der Waals surface area (Å²) in [6.07, 6.45) is 2.74. The summed E-state index contributed by atoms with van der Waals surface area (Å²) in [5.41, 5.74) is 2.31. The van der Waals surface area contributed by atoms with Crippen molar-refractivity contribution in [1.82, 2.24) is 20.4 Å². The van der Waals surface area contributed by atoms with Gasteiger partial charge in [-0.1, -0.05) is 65.8 Å². The van der Waals surface area contributed by atoms with Crippen LogP contribution in [0.3, 0.4) is 0 Å². The van der Waals surface area contributed by atoms with Gasteiger partial charge >= 0.3 is 0 Å². The minimum absolute atomic E-state index is 0.103. The van der Waals surface area contributed by atoms with Gasteiger partial charge in [-0.2, -0.15) is 16.7 Å². The average molecular weight is 451 g/mol. The van der Waals surface area contributed by atoms with Crippen molar-refractivity contribution in [2.45, 2.75) is 31.6 Å². The first kappa shape index (κ1) is 22.6. The molecule has 2 aromatic carbocycles. The van der Waals surface area contributed by atoms with Crippen molar-refractivity contribution in [2.75, 3.05) is 25.4 Å². The Morgan fingerprint density at radius 1 is 1.06 bits per heavy atom. The predicted octanol–water partition coefficient (Wildman–Crippen LogP) is 4.39. The van der Waals surface area contributed by atoms with Crippen molar-refractivity contribution in [1.29, 1.82) is 0 Å². The summed E-state index contributed by atoms with van der Waals surface area (Å²) in [5, 5.41) is 7.21. The molecule has 0 unspecified atom stereocenters. The second-order valence-corrected chi connectivity index (χ2v) is 9.22. The molecule has 0 spiro atoms. The Balaban J connectivity index is 1.10. The van der Waals surface area contributed by atoms with Gasteiger partial charge in [0.2, 0.25) is 17.6 Å². The second-order valence-electron chi connectivity index (χ2n) is 8.11. The van der Waals surface area contributed by atoms with Crippen LogP contribution < -0.4 is 5.32 Å². The summed E-state index contributed by atoms with van der Waals surface area (Å²) >= 11 is 1.92. The van der Waals surface area contributed by atoms with Gasteiger partial charge in [-0.25, -0.2) is 0 Å². The molecule has 168 valence electrons. The maximum atomic E-state index is 12.5. The number of amides is 1. The van der Waals surface area contributed by atoms with Gasteiger partial charge in [-0.3, -0.25) is 9.69 Å². The van der Waals surface area contributed by atoms with Crippen LogP contribution in [0.4, 0.5) is 0 Å². The molecule has 0 atom stereocenters. The Labute approximate surface area is 193 Å². The minimum atomic E-state index is 0.103. The second kappa shape index (κ2) is 11.8. The van der Waals surface area contributed by atoms with E-state index in [9.17, 15) is 4.79 Å². The number of hydrogen-bond donors (Lipinski definition) is 1. The van der Waals surface area contributed by atoms with Gasteiger partial charge in [0.1, 0.15) is 0 Å². The van der Waals surface area contributed by atoms with E-state index in [2.05, 4.69) is 44.6 Å². The average Bonchev–Trinajstić information content (AvgIpc) is 3.31. The number of piperidine rings is 1. The first-order chi connectivity index (χ1) is 15.8. The zero-order chi connectivity index (χ0) is 22.0. The molecule has 1 fully saturated rings. The van der Waals surface area contributed by atoms with E-state index in [0.717, 1.165) is 56.0 Å². The first-order valence-corrected chi connectivity index (χ1v) is 12.4. The minimum Gasteiger partial charge on any atom is -0.356 e. The molecule has 1 aliphatic heterocycles. The SMILES string of the molecule is O=C(NCCCSCc1ccccc1)C1CCN(Cc2nc(-c3ccccc3)no2)CC1. The quantitative estimate of drug-likeness (QED) is 0.462. The maximum Gasteiger partial charge on any atom is 0.241 e. The van der Waals surface area contributed by atoms with Gasteiger partial charge < -0.3 is 9.84 Å². The fourth-order valence-corrected chi connectivity index (χ4v) is 4.78. The molecule has 2 heterocycles. The summed E-state index contributed by atoms with van der Waals surface area (Å²) in [6.45, 7) is 3.13. The molecular formula is C25H30N4O2S. The smallest absolute Gasteiger partial charge is 0.241 e.